The molecule has 0 aromatic heterocycles. The summed E-state index contributed by atoms with van der Waals surface area (Å²) in [5.41, 5.74) is 1.01. The summed E-state index contributed by atoms with van der Waals surface area (Å²) in [6.07, 6.45) is 2.46. The zero-order chi connectivity index (χ0) is 20.8. The Morgan fingerprint density at radius 3 is 1.41 bits per heavy atom. The Morgan fingerprint density at radius 1 is 0.759 bits per heavy atom. The molecule has 0 spiro atoms. The van der Waals surface area contributed by atoms with Crippen LogP contribution in [0.1, 0.15) is 6.92 Å². The van der Waals surface area contributed by atoms with Crippen molar-refractivity contribution in [1.29, 1.82) is 0 Å². The molecule has 0 aliphatic heterocycles. The van der Waals surface area contributed by atoms with Crippen LogP contribution in [-0.4, -0.2) is 26.7 Å². The molecule has 152 valence electrons. The number of halogens is 1. The van der Waals surface area contributed by atoms with Gasteiger partial charge in [0.2, 0.25) is 0 Å². The van der Waals surface area contributed by atoms with Crippen molar-refractivity contribution >= 4 is 33.1 Å². The molecule has 3 aromatic rings. The molecule has 29 heavy (non-hydrogen) atoms. The molecule has 2 nitrogen and oxygen atoms in total. The van der Waals surface area contributed by atoms with Crippen LogP contribution in [-0.2, 0) is 9.47 Å². The number of benzene rings is 3. The fourth-order valence-corrected chi connectivity index (χ4v) is 9.62. The van der Waals surface area contributed by atoms with Gasteiger partial charge in [-0.15, -0.1) is 0 Å². The minimum atomic E-state index is -3.29. The second-order valence-corrected chi connectivity index (χ2v) is 13.6. The predicted octanol–water partition coefficient (Wildman–Crippen LogP) is 5.24. The number of ether oxygens (including phenoxy) is 2. The van der Waals surface area contributed by atoms with Gasteiger partial charge in [-0.25, -0.2) is 0 Å². The van der Waals surface area contributed by atoms with Crippen LogP contribution in [0, 0.1) is 0 Å². The zero-order valence-electron chi connectivity index (χ0n) is 17.2. The summed E-state index contributed by atoms with van der Waals surface area (Å²) >= 11 is 8.01. The maximum atomic E-state index is 8.01. The summed E-state index contributed by atoms with van der Waals surface area (Å²) in [6.45, 7) is 2.02. The van der Waals surface area contributed by atoms with Crippen molar-refractivity contribution < 1.29 is 9.47 Å². The molecule has 3 rings (SSSR count). The number of allylic oxidation sites excluding steroid dienone is 1. The van der Waals surface area contributed by atoms with Gasteiger partial charge in [-0.2, -0.15) is 0 Å². The van der Waals surface area contributed by atoms with E-state index in [0.29, 0.717) is 6.16 Å². The Balaban J connectivity index is 2.32. The first-order chi connectivity index (χ1) is 14.0. The van der Waals surface area contributed by atoms with Gasteiger partial charge >= 0.3 is 179 Å². The molecule has 0 atom stereocenters. The number of hydrogen-bond acceptors (Lipinski definition) is 2. The van der Waals surface area contributed by atoms with Crippen molar-refractivity contribution in [2.24, 2.45) is 0 Å². The summed E-state index contributed by atoms with van der Waals surface area (Å²) in [4.78, 5) is 0. The molecule has 3 aromatic carbocycles. The Bertz CT molecular complexity index is 839. The van der Waals surface area contributed by atoms with Gasteiger partial charge in [0.25, 0.3) is 0 Å². The third-order valence-corrected chi connectivity index (χ3v) is 12.6. The molecule has 0 radical (unpaired) electrons. The van der Waals surface area contributed by atoms with E-state index in [1.54, 1.807) is 14.2 Å². The third kappa shape index (κ3) is 4.04. The number of hydrogen-bond donors (Lipinski definition) is 0. The molecule has 0 fully saturated rings. The zero-order valence-corrected chi connectivity index (χ0v) is 18.8. The second-order valence-electron chi connectivity index (χ2n) is 7.12. The topological polar surface area (TPSA) is 18.5 Å². The van der Waals surface area contributed by atoms with Crippen molar-refractivity contribution in [3.63, 3.8) is 0 Å². The van der Waals surface area contributed by atoms with Crippen LogP contribution >= 0.6 is 17.2 Å². The van der Waals surface area contributed by atoms with Crippen molar-refractivity contribution in [3.8, 4) is 0 Å². The fourth-order valence-electron chi connectivity index (χ4n) is 3.86. The van der Waals surface area contributed by atoms with Crippen LogP contribution in [0.15, 0.2) is 103 Å². The van der Waals surface area contributed by atoms with Crippen LogP contribution in [0.2, 0.25) is 0 Å². The van der Waals surface area contributed by atoms with E-state index < -0.39 is 5.96 Å². The Morgan fingerprint density at radius 2 is 1.10 bits per heavy atom. The Labute approximate surface area is 178 Å². The second kappa shape index (κ2) is 9.24. The van der Waals surface area contributed by atoms with Gasteiger partial charge in [0.15, 0.2) is 0 Å². The van der Waals surface area contributed by atoms with Crippen LogP contribution in [0.3, 0.4) is 0 Å². The van der Waals surface area contributed by atoms with Crippen molar-refractivity contribution in [2.45, 2.75) is 13.2 Å². The van der Waals surface area contributed by atoms with E-state index >= 15 is 0 Å². The van der Waals surface area contributed by atoms with Crippen LogP contribution in [0.5, 0.6) is 0 Å². The normalized spacial score (nSPS) is 13.8. The molecule has 0 aliphatic rings. The fraction of sp³-hybridized carbons (Fsp3) is 0.200. The van der Waals surface area contributed by atoms with Crippen LogP contribution < -0.4 is 15.9 Å². The number of methoxy groups -OCH3 is 2. The quantitative estimate of drug-likeness (QED) is 0.279. The average Bonchev–Trinajstić information content (AvgIpc) is 2.80. The number of rotatable bonds is 8. The molecule has 0 saturated carbocycles. The first-order valence-electron chi connectivity index (χ1n) is 9.66. The van der Waals surface area contributed by atoms with Gasteiger partial charge in [0, 0.05) is 0 Å². The van der Waals surface area contributed by atoms with E-state index in [-0.39, 0.29) is 6.29 Å². The molecular formula is C25H28ClO2P. The summed E-state index contributed by atoms with van der Waals surface area (Å²) in [5.74, 6) is -3.29. The van der Waals surface area contributed by atoms with E-state index in [9.17, 15) is 0 Å². The first kappa shape index (κ1) is 21.7. The van der Waals surface area contributed by atoms with Crippen molar-refractivity contribution in [3.05, 3.63) is 103 Å². The molecule has 0 aliphatic carbocycles. The van der Waals surface area contributed by atoms with Crippen molar-refractivity contribution in [2.75, 3.05) is 20.4 Å². The van der Waals surface area contributed by atoms with Crippen molar-refractivity contribution in [1.82, 2.24) is 0 Å². The van der Waals surface area contributed by atoms with E-state index in [1.165, 1.54) is 0 Å². The predicted molar refractivity (Wildman–Crippen MR) is 127 cm³/mol. The monoisotopic (exact) mass is 426 g/mol. The van der Waals surface area contributed by atoms with Gasteiger partial charge in [-0.05, 0) is 0 Å². The molecule has 4 heteroatoms. The van der Waals surface area contributed by atoms with Gasteiger partial charge in [0.05, 0.1) is 0 Å². The van der Waals surface area contributed by atoms with E-state index in [2.05, 4.69) is 78.9 Å². The van der Waals surface area contributed by atoms with Crippen LogP contribution in [0.4, 0.5) is 0 Å². The van der Waals surface area contributed by atoms with E-state index in [4.69, 9.17) is 20.7 Å². The minimum absolute atomic E-state index is 0.386. The Hall–Kier alpha value is -1.96. The third-order valence-electron chi connectivity index (χ3n) is 5.44. The average molecular weight is 427 g/mol. The van der Waals surface area contributed by atoms with E-state index in [0.717, 1.165) is 21.5 Å². The first-order valence-corrected chi connectivity index (χ1v) is 13.0. The van der Waals surface area contributed by atoms with Gasteiger partial charge in [-0.3, -0.25) is 0 Å². The van der Waals surface area contributed by atoms with E-state index in [1.807, 2.05) is 25.1 Å². The summed E-state index contributed by atoms with van der Waals surface area (Å²) in [6, 6.07) is 31.4. The summed E-state index contributed by atoms with van der Waals surface area (Å²) in [5, 5.41) is 3.44. The van der Waals surface area contributed by atoms with Crippen LogP contribution in [0.25, 0.3) is 0 Å². The molecular weight excluding hydrogens is 399 g/mol. The Kier molecular flexibility index (Phi) is 6.93. The molecule has 0 amide bonds. The molecule has 0 N–H and O–H groups in total. The molecule has 0 heterocycles. The standard InChI is InChI=1S/C25H28ClO2P/c1-21(25(27-2)28-3)19-20-29(26,22-13-7-4-8-14-22,23-15-9-5-10-16-23)24-17-11-6-12-18-24/h4-19,25H,20H2,1-3H3/b21-19+. The molecule has 0 saturated heterocycles. The summed E-state index contributed by atoms with van der Waals surface area (Å²) < 4.78 is 10.9. The molecule has 0 unspecified atom stereocenters. The maximum absolute atomic E-state index is 8.01. The van der Waals surface area contributed by atoms with Gasteiger partial charge in [0.1, 0.15) is 0 Å². The summed E-state index contributed by atoms with van der Waals surface area (Å²) in [7, 11) is 3.30. The van der Waals surface area contributed by atoms with Gasteiger partial charge in [-0.1, -0.05) is 0 Å². The SMILES string of the molecule is COC(OC)/C(C)=C/CP(Cl)(c1ccccc1)(c1ccccc1)c1ccccc1. The van der Waals surface area contributed by atoms with Gasteiger partial charge < -0.3 is 0 Å². The molecule has 0 bridgehead atoms.